The molecule has 3 rings (SSSR count). The van der Waals surface area contributed by atoms with E-state index in [1.165, 1.54) is 4.57 Å². The van der Waals surface area contributed by atoms with E-state index in [9.17, 15) is 9.59 Å². The molecule has 0 bridgehead atoms. The molecule has 1 unspecified atom stereocenters. The quantitative estimate of drug-likeness (QED) is 0.835. The maximum Gasteiger partial charge on any atom is 0.263 e. The number of ether oxygens (including phenoxy) is 1. The molecule has 0 saturated heterocycles. The van der Waals surface area contributed by atoms with E-state index in [1.807, 2.05) is 20.2 Å². The minimum absolute atomic E-state index is 0.0198. The summed E-state index contributed by atoms with van der Waals surface area (Å²) in [6, 6.07) is 3.30. The molecule has 24 heavy (non-hydrogen) atoms. The maximum atomic E-state index is 12.9. The maximum absolute atomic E-state index is 12.9. The molecule has 3 heterocycles. The third-order valence-electron chi connectivity index (χ3n) is 4.29. The summed E-state index contributed by atoms with van der Waals surface area (Å²) in [7, 11) is 3.52. The number of aromatic nitrogens is 3. The molecule has 0 aliphatic carbocycles. The summed E-state index contributed by atoms with van der Waals surface area (Å²) >= 11 is 0. The summed E-state index contributed by atoms with van der Waals surface area (Å²) in [5, 5.41) is 4.52. The van der Waals surface area contributed by atoms with E-state index in [0.29, 0.717) is 26.3 Å². The van der Waals surface area contributed by atoms with Crippen LogP contribution in [0, 0.1) is 0 Å². The number of hydrogen-bond acceptors (Lipinski definition) is 4. The summed E-state index contributed by atoms with van der Waals surface area (Å²) < 4.78 is 8.75. The van der Waals surface area contributed by atoms with E-state index in [0.717, 1.165) is 11.3 Å². The van der Waals surface area contributed by atoms with Crippen molar-refractivity contribution in [2.45, 2.75) is 19.4 Å². The molecule has 1 aliphatic rings. The Morgan fingerprint density at radius 1 is 1.42 bits per heavy atom. The van der Waals surface area contributed by atoms with Crippen LogP contribution in [0.15, 0.2) is 29.3 Å². The molecule has 128 valence electrons. The Labute approximate surface area is 140 Å². The molecule has 7 heteroatoms. The van der Waals surface area contributed by atoms with Gasteiger partial charge < -0.3 is 14.2 Å². The first kappa shape index (κ1) is 16.4. The normalized spacial score (nSPS) is 17.0. The molecule has 2 aromatic heterocycles. The molecule has 0 spiro atoms. The van der Waals surface area contributed by atoms with Gasteiger partial charge in [-0.2, -0.15) is 5.10 Å². The molecule has 0 fully saturated rings. The average Bonchev–Trinajstić information content (AvgIpc) is 2.94. The van der Waals surface area contributed by atoms with Crippen molar-refractivity contribution in [2.75, 3.05) is 19.8 Å². The number of nitrogens with zero attached hydrogens (tertiary/aromatic N) is 4. The van der Waals surface area contributed by atoms with E-state index in [-0.39, 0.29) is 22.9 Å². The number of carbonyl (C=O) groups excluding carboxylic acids is 1. The van der Waals surface area contributed by atoms with Crippen LogP contribution in [-0.4, -0.2) is 44.9 Å². The van der Waals surface area contributed by atoms with Gasteiger partial charge in [-0.3, -0.25) is 14.3 Å². The van der Waals surface area contributed by atoms with Crippen LogP contribution in [0.1, 0.15) is 34.5 Å². The van der Waals surface area contributed by atoms with Crippen molar-refractivity contribution in [3.8, 4) is 0 Å². The summed E-state index contributed by atoms with van der Waals surface area (Å²) in [4.78, 5) is 26.8. The number of rotatable bonds is 4. The summed E-state index contributed by atoms with van der Waals surface area (Å²) in [5.74, 6) is -0.224. The van der Waals surface area contributed by atoms with Crippen molar-refractivity contribution >= 4 is 5.91 Å². The van der Waals surface area contributed by atoms with Crippen LogP contribution in [0.2, 0.25) is 0 Å². The van der Waals surface area contributed by atoms with Gasteiger partial charge in [0.05, 0.1) is 12.3 Å². The second-order valence-electron chi connectivity index (χ2n) is 6.09. The molecule has 0 aromatic carbocycles. The topological polar surface area (TPSA) is 69.4 Å². The molecule has 2 aromatic rings. The van der Waals surface area contributed by atoms with Crippen LogP contribution in [-0.2, 0) is 25.4 Å². The Morgan fingerprint density at radius 3 is 2.96 bits per heavy atom. The first-order valence-corrected chi connectivity index (χ1v) is 8.06. The van der Waals surface area contributed by atoms with Crippen molar-refractivity contribution in [1.82, 2.24) is 19.2 Å². The molecule has 0 saturated carbocycles. The van der Waals surface area contributed by atoms with Gasteiger partial charge in [0.2, 0.25) is 0 Å². The van der Waals surface area contributed by atoms with Crippen LogP contribution >= 0.6 is 0 Å². The van der Waals surface area contributed by atoms with Gasteiger partial charge in [-0.05, 0) is 19.1 Å². The Morgan fingerprint density at radius 2 is 2.21 bits per heavy atom. The molecular formula is C17H22N4O3. The first-order chi connectivity index (χ1) is 11.5. The molecular weight excluding hydrogens is 308 g/mol. The highest BCUT2D eigenvalue weighted by molar-refractivity contribution is 5.94. The van der Waals surface area contributed by atoms with Crippen molar-refractivity contribution in [3.05, 3.63) is 51.7 Å². The number of fused-ring (bicyclic) bond motifs is 1. The lowest BCUT2D eigenvalue weighted by Gasteiger charge is -2.31. The van der Waals surface area contributed by atoms with Gasteiger partial charge >= 0.3 is 0 Å². The van der Waals surface area contributed by atoms with Crippen molar-refractivity contribution in [3.63, 3.8) is 0 Å². The second kappa shape index (κ2) is 6.60. The second-order valence-corrected chi connectivity index (χ2v) is 6.09. The summed E-state index contributed by atoms with van der Waals surface area (Å²) in [6.45, 7) is 4.03. The molecule has 1 aliphatic heterocycles. The van der Waals surface area contributed by atoms with E-state index in [1.54, 1.807) is 35.0 Å². The van der Waals surface area contributed by atoms with Gasteiger partial charge in [-0.25, -0.2) is 0 Å². The molecule has 0 radical (unpaired) electrons. The Hall–Kier alpha value is -2.41. The fourth-order valence-corrected chi connectivity index (χ4v) is 3.12. The SMILES string of the molecule is CCOCC1CN(C(=O)c2cccn(C)c2=O)Cc2cn(C)nc21. The summed E-state index contributed by atoms with van der Waals surface area (Å²) in [6.07, 6.45) is 3.57. The van der Waals surface area contributed by atoms with E-state index in [2.05, 4.69) is 5.10 Å². The van der Waals surface area contributed by atoms with Crippen LogP contribution in [0.4, 0.5) is 0 Å². The van der Waals surface area contributed by atoms with E-state index in [4.69, 9.17) is 4.74 Å². The monoisotopic (exact) mass is 330 g/mol. The van der Waals surface area contributed by atoms with Crippen molar-refractivity contribution in [2.24, 2.45) is 14.1 Å². The highest BCUT2D eigenvalue weighted by Crippen LogP contribution is 2.28. The van der Waals surface area contributed by atoms with Gasteiger partial charge in [0.1, 0.15) is 5.56 Å². The number of amides is 1. The third kappa shape index (κ3) is 2.99. The van der Waals surface area contributed by atoms with Gasteiger partial charge in [-0.15, -0.1) is 0 Å². The number of hydrogen-bond donors (Lipinski definition) is 0. The predicted molar refractivity (Wildman–Crippen MR) is 88.9 cm³/mol. The van der Waals surface area contributed by atoms with Gasteiger partial charge in [0, 0.05) is 57.7 Å². The first-order valence-electron chi connectivity index (χ1n) is 8.06. The number of pyridine rings is 1. The van der Waals surface area contributed by atoms with Gasteiger partial charge in [0.25, 0.3) is 11.5 Å². The van der Waals surface area contributed by atoms with Gasteiger partial charge in [0.15, 0.2) is 0 Å². The molecule has 1 amide bonds. The number of aryl methyl sites for hydroxylation is 2. The molecule has 0 N–H and O–H groups in total. The minimum Gasteiger partial charge on any atom is -0.381 e. The predicted octanol–water partition coefficient (Wildman–Crippen LogP) is 0.895. The van der Waals surface area contributed by atoms with Crippen LogP contribution in [0.25, 0.3) is 0 Å². The van der Waals surface area contributed by atoms with Crippen LogP contribution in [0.3, 0.4) is 0 Å². The Balaban J connectivity index is 1.90. The largest absolute Gasteiger partial charge is 0.381 e. The van der Waals surface area contributed by atoms with E-state index < -0.39 is 0 Å². The lowest BCUT2D eigenvalue weighted by Crippen LogP contribution is -2.41. The standard InChI is InChI=1S/C17H22N4O3/c1-4-24-11-13-10-21(9-12-8-20(3)18-15(12)13)17(23)14-6-5-7-19(2)16(14)22/h5-8,13H,4,9-11H2,1-3H3. The van der Waals surface area contributed by atoms with Gasteiger partial charge in [-0.1, -0.05) is 0 Å². The fraction of sp³-hybridized carbons (Fsp3) is 0.471. The highest BCUT2D eigenvalue weighted by atomic mass is 16.5. The lowest BCUT2D eigenvalue weighted by molar-refractivity contribution is 0.0649. The Kier molecular flexibility index (Phi) is 4.53. The average molecular weight is 330 g/mol. The highest BCUT2D eigenvalue weighted by Gasteiger charge is 2.32. The molecule has 1 atom stereocenters. The zero-order valence-electron chi connectivity index (χ0n) is 14.2. The lowest BCUT2D eigenvalue weighted by atomic mass is 9.96. The van der Waals surface area contributed by atoms with Crippen molar-refractivity contribution < 1.29 is 9.53 Å². The van der Waals surface area contributed by atoms with Crippen LogP contribution < -0.4 is 5.56 Å². The van der Waals surface area contributed by atoms with Crippen LogP contribution in [0.5, 0.6) is 0 Å². The minimum atomic E-state index is -0.277. The third-order valence-corrected chi connectivity index (χ3v) is 4.29. The molecule has 7 nitrogen and oxygen atoms in total. The fourth-order valence-electron chi connectivity index (χ4n) is 3.12. The number of carbonyl (C=O) groups is 1. The van der Waals surface area contributed by atoms with E-state index >= 15 is 0 Å². The smallest absolute Gasteiger partial charge is 0.263 e. The zero-order valence-corrected chi connectivity index (χ0v) is 14.2. The summed E-state index contributed by atoms with van der Waals surface area (Å²) in [5.41, 5.74) is 1.91. The Bertz CT molecular complexity index is 808. The zero-order chi connectivity index (χ0) is 17.3. The van der Waals surface area contributed by atoms with Crippen molar-refractivity contribution in [1.29, 1.82) is 0 Å².